The molecule has 0 bridgehead atoms. The van der Waals surface area contributed by atoms with Crippen molar-refractivity contribution in [2.45, 2.75) is 12.0 Å². The molecule has 3 aromatic rings. The predicted molar refractivity (Wildman–Crippen MR) is 121 cm³/mol. The van der Waals surface area contributed by atoms with E-state index >= 15 is 0 Å². The van der Waals surface area contributed by atoms with Crippen LogP contribution in [-0.2, 0) is 9.53 Å². The molecule has 0 fully saturated rings. The van der Waals surface area contributed by atoms with Crippen molar-refractivity contribution in [2.75, 3.05) is 13.2 Å². The Balaban J connectivity index is 1.36. The van der Waals surface area contributed by atoms with Crippen LogP contribution in [-0.4, -0.2) is 42.3 Å². The number of amides is 2. The van der Waals surface area contributed by atoms with Crippen molar-refractivity contribution in [3.8, 4) is 11.1 Å². The van der Waals surface area contributed by atoms with Crippen LogP contribution in [0.25, 0.3) is 11.1 Å². The smallest absolute Gasteiger partial charge is 0.407 e. The van der Waals surface area contributed by atoms with Gasteiger partial charge < -0.3 is 20.5 Å². The molecule has 2 amide bonds. The second-order valence-corrected chi connectivity index (χ2v) is 8.89. The van der Waals surface area contributed by atoms with Crippen LogP contribution >= 0.6 is 22.9 Å². The van der Waals surface area contributed by atoms with Crippen LogP contribution in [0.3, 0.4) is 0 Å². The molecule has 0 saturated carbocycles. The Morgan fingerprint density at radius 3 is 2.19 bits per heavy atom. The summed E-state index contributed by atoms with van der Waals surface area (Å²) in [5, 5.41) is 14.2. The lowest BCUT2D eigenvalue weighted by molar-refractivity contribution is -0.139. The molecule has 0 unspecified atom stereocenters. The summed E-state index contributed by atoms with van der Waals surface area (Å²) in [6, 6.07) is 17.6. The third-order valence-electron chi connectivity index (χ3n) is 5.20. The van der Waals surface area contributed by atoms with E-state index in [1.54, 1.807) is 6.07 Å². The molecule has 32 heavy (non-hydrogen) atoms. The zero-order valence-electron chi connectivity index (χ0n) is 16.7. The van der Waals surface area contributed by atoms with Crippen molar-refractivity contribution in [3.63, 3.8) is 0 Å². The molecule has 1 aliphatic carbocycles. The van der Waals surface area contributed by atoms with Gasteiger partial charge in [0.15, 0.2) is 0 Å². The molecular weight excluding hydrogens is 452 g/mol. The normalized spacial score (nSPS) is 13.0. The Hall–Kier alpha value is -3.36. The molecule has 1 atom stereocenters. The lowest BCUT2D eigenvalue weighted by Gasteiger charge is -2.17. The van der Waals surface area contributed by atoms with Gasteiger partial charge in [-0.15, -0.1) is 11.3 Å². The van der Waals surface area contributed by atoms with Gasteiger partial charge in [0.05, 0.1) is 9.21 Å². The van der Waals surface area contributed by atoms with Gasteiger partial charge in [-0.2, -0.15) is 0 Å². The molecule has 1 aliphatic rings. The number of carboxylic acids is 1. The fraction of sp³-hybridized carbons (Fsp3) is 0.174. The fourth-order valence-electron chi connectivity index (χ4n) is 3.70. The largest absolute Gasteiger partial charge is 0.480 e. The van der Waals surface area contributed by atoms with Gasteiger partial charge in [-0.05, 0) is 34.4 Å². The Morgan fingerprint density at radius 2 is 1.62 bits per heavy atom. The topological polar surface area (TPSA) is 105 Å². The Kier molecular flexibility index (Phi) is 6.43. The minimum Gasteiger partial charge on any atom is -0.480 e. The number of thiophene rings is 1. The summed E-state index contributed by atoms with van der Waals surface area (Å²) in [4.78, 5) is 36.3. The van der Waals surface area contributed by atoms with E-state index in [2.05, 4.69) is 10.6 Å². The number of fused-ring (bicyclic) bond motifs is 3. The summed E-state index contributed by atoms with van der Waals surface area (Å²) >= 11 is 6.88. The maximum atomic E-state index is 12.3. The van der Waals surface area contributed by atoms with E-state index in [1.807, 2.05) is 48.5 Å². The van der Waals surface area contributed by atoms with E-state index in [9.17, 15) is 19.5 Å². The number of halogens is 1. The summed E-state index contributed by atoms with van der Waals surface area (Å²) in [6.07, 6.45) is -0.868. The maximum absolute atomic E-state index is 12.3. The quantitative estimate of drug-likeness (QED) is 0.481. The molecule has 7 nitrogen and oxygen atoms in total. The lowest BCUT2D eigenvalue weighted by atomic mass is 9.98. The molecule has 1 heterocycles. The number of carbonyl (C=O) groups is 3. The highest BCUT2D eigenvalue weighted by Gasteiger charge is 2.30. The van der Waals surface area contributed by atoms with Crippen LogP contribution in [0.15, 0.2) is 60.7 Å². The maximum Gasteiger partial charge on any atom is 0.407 e. The van der Waals surface area contributed by atoms with Crippen LogP contribution < -0.4 is 10.6 Å². The van der Waals surface area contributed by atoms with Gasteiger partial charge in [0, 0.05) is 12.5 Å². The van der Waals surface area contributed by atoms with Gasteiger partial charge in [0.1, 0.15) is 12.6 Å². The van der Waals surface area contributed by atoms with Crippen LogP contribution in [0, 0.1) is 0 Å². The van der Waals surface area contributed by atoms with Crippen molar-refractivity contribution in [1.29, 1.82) is 0 Å². The first kappa shape index (κ1) is 21.9. The van der Waals surface area contributed by atoms with Crippen molar-refractivity contribution >= 4 is 40.9 Å². The van der Waals surface area contributed by atoms with E-state index in [-0.39, 0.29) is 19.1 Å². The Labute approximate surface area is 193 Å². The number of hydrogen-bond acceptors (Lipinski definition) is 5. The number of aliphatic carboxylic acids is 1. The van der Waals surface area contributed by atoms with Crippen molar-refractivity contribution in [2.24, 2.45) is 0 Å². The van der Waals surface area contributed by atoms with E-state index in [0.29, 0.717) is 9.21 Å². The fourth-order valence-corrected chi connectivity index (χ4v) is 4.66. The molecule has 1 aromatic heterocycles. The zero-order chi connectivity index (χ0) is 22.7. The molecular formula is C23H19ClN2O5S. The SMILES string of the molecule is O=C(N[C@@H](CNC(=O)c1ccc(Cl)s1)C(=O)O)OCC1c2ccccc2-c2ccccc21. The third-order valence-corrected chi connectivity index (χ3v) is 6.43. The molecule has 164 valence electrons. The number of carboxylic acid groups (broad SMARTS) is 1. The highest BCUT2D eigenvalue weighted by Crippen LogP contribution is 2.44. The highest BCUT2D eigenvalue weighted by molar-refractivity contribution is 7.18. The van der Waals surface area contributed by atoms with Gasteiger partial charge in [-0.25, -0.2) is 9.59 Å². The van der Waals surface area contributed by atoms with Gasteiger partial charge in [-0.3, -0.25) is 4.79 Å². The van der Waals surface area contributed by atoms with E-state index in [1.165, 1.54) is 6.07 Å². The van der Waals surface area contributed by atoms with Crippen LogP contribution in [0.2, 0.25) is 4.34 Å². The molecule has 2 aromatic carbocycles. The van der Waals surface area contributed by atoms with E-state index in [4.69, 9.17) is 16.3 Å². The molecule has 0 saturated heterocycles. The number of hydrogen-bond donors (Lipinski definition) is 3. The summed E-state index contributed by atoms with van der Waals surface area (Å²) < 4.78 is 5.82. The molecule has 0 radical (unpaired) electrons. The van der Waals surface area contributed by atoms with E-state index in [0.717, 1.165) is 33.6 Å². The van der Waals surface area contributed by atoms with Gasteiger partial charge in [0.25, 0.3) is 5.91 Å². The van der Waals surface area contributed by atoms with Crippen molar-refractivity contribution in [3.05, 3.63) is 81.0 Å². The summed E-state index contributed by atoms with van der Waals surface area (Å²) in [5.74, 6) is -1.90. The molecule has 0 spiro atoms. The van der Waals surface area contributed by atoms with Crippen LogP contribution in [0.4, 0.5) is 4.79 Å². The van der Waals surface area contributed by atoms with Crippen LogP contribution in [0.1, 0.15) is 26.7 Å². The second kappa shape index (κ2) is 9.42. The molecule has 9 heteroatoms. The summed E-state index contributed by atoms with van der Waals surface area (Å²) in [5.41, 5.74) is 4.30. The third kappa shape index (κ3) is 4.61. The minimum absolute atomic E-state index is 0.0618. The first-order valence-electron chi connectivity index (χ1n) is 9.82. The van der Waals surface area contributed by atoms with Gasteiger partial charge >= 0.3 is 12.1 Å². The van der Waals surface area contributed by atoms with Crippen LogP contribution in [0.5, 0.6) is 0 Å². The summed E-state index contributed by atoms with van der Waals surface area (Å²) in [6.45, 7) is -0.236. The lowest BCUT2D eigenvalue weighted by Crippen LogP contribution is -2.48. The zero-order valence-corrected chi connectivity index (χ0v) is 18.3. The first-order valence-corrected chi connectivity index (χ1v) is 11.0. The number of benzene rings is 2. The molecule has 0 aliphatic heterocycles. The molecule has 4 rings (SSSR count). The first-order chi connectivity index (χ1) is 15.4. The monoisotopic (exact) mass is 470 g/mol. The van der Waals surface area contributed by atoms with Gasteiger partial charge in [-0.1, -0.05) is 60.1 Å². The Bertz CT molecular complexity index is 1130. The average molecular weight is 471 g/mol. The Morgan fingerprint density at radius 1 is 1.00 bits per heavy atom. The second-order valence-electron chi connectivity index (χ2n) is 7.17. The minimum atomic E-state index is -1.34. The van der Waals surface area contributed by atoms with E-state index < -0.39 is 24.0 Å². The van der Waals surface area contributed by atoms with Crippen molar-refractivity contribution < 1.29 is 24.2 Å². The number of carbonyl (C=O) groups excluding carboxylic acids is 2. The van der Waals surface area contributed by atoms with Gasteiger partial charge in [0.2, 0.25) is 0 Å². The summed E-state index contributed by atoms with van der Waals surface area (Å²) in [7, 11) is 0. The average Bonchev–Trinajstić information content (AvgIpc) is 3.36. The molecule has 3 N–H and O–H groups in total. The standard InChI is InChI=1S/C23H19ClN2O5S/c24-20-10-9-19(32-20)21(27)25-11-18(22(28)29)26-23(30)31-12-17-15-7-3-1-5-13(15)14-6-2-4-8-16(14)17/h1-10,17-18H,11-12H2,(H,25,27)(H,26,30)(H,28,29)/t18-/m0/s1. The number of nitrogens with one attached hydrogen (secondary N) is 2. The van der Waals surface area contributed by atoms with Crippen molar-refractivity contribution in [1.82, 2.24) is 10.6 Å². The number of alkyl carbamates (subject to hydrolysis) is 1. The number of ether oxygens (including phenoxy) is 1. The predicted octanol–water partition coefficient (Wildman–Crippen LogP) is 4.12. The highest BCUT2D eigenvalue weighted by atomic mass is 35.5. The number of rotatable bonds is 7.